The number of halogens is 2. The van der Waals surface area contributed by atoms with Gasteiger partial charge < -0.3 is 15.0 Å². The second-order valence-corrected chi connectivity index (χ2v) is 3.52. The molecule has 0 aromatic carbocycles. The quantitative estimate of drug-likeness (QED) is 0.647. The Morgan fingerprint density at radius 1 is 1.67 bits per heavy atom. The Balaban J connectivity index is 2.03. The molecule has 0 saturated carbocycles. The SMILES string of the molecule is CN1CCC(NCCOCC(F)F)C1=O. The standard InChI is InChI=1S/C9H16F2N2O2/c1-13-4-2-7(9(13)14)12-3-5-15-6-8(10)11/h7-8,12H,2-6H2,1H3. The first-order valence-corrected chi connectivity index (χ1v) is 4.95. The van der Waals surface area contributed by atoms with Crippen LogP contribution in [0.1, 0.15) is 6.42 Å². The third kappa shape index (κ3) is 4.09. The minimum atomic E-state index is -2.43. The molecular formula is C9H16F2N2O2. The molecule has 1 atom stereocenters. The van der Waals surface area contributed by atoms with Crippen LogP contribution in [-0.4, -0.2) is 56.6 Å². The van der Waals surface area contributed by atoms with Gasteiger partial charge in [-0.25, -0.2) is 8.78 Å². The number of rotatable bonds is 6. The summed E-state index contributed by atoms with van der Waals surface area (Å²) >= 11 is 0. The number of nitrogens with one attached hydrogen (secondary N) is 1. The molecule has 1 rings (SSSR count). The average Bonchev–Trinajstić information content (AvgIpc) is 2.48. The van der Waals surface area contributed by atoms with Crippen LogP contribution < -0.4 is 5.32 Å². The van der Waals surface area contributed by atoms with Gasteiger partial charge in [0.1, 0.15) is 6.61 Å². The van der Waals surface area contributed by atoms with Crippen LogP contribution in [0.3, 0.4) is 0 Å². The van der Waals surface area contributed by atoms with E-state index in [1.165, 1.54) is 0 Å². The van der Waals surface area contributed by atoms with Crippen molar-refractivity contribution in [3.05, 3.63) is 0 Å². The Bertz CT molecular complexity index is 214. The maximum Gasteiger partial charge on any atom is 0.261 e. The first-order valence-electron chi connectivity index (χ1n) is 4.95. The van der Waals surface area contributed by atoms with Crippen molar-refractivity contribution >= 4 is 5.91 Å². The van der Waals surface area contributed by atoms with Crippen LogP contribution in [0.4, 0.5) is 8.78 Å². The lowest BCUT2D eigenvalue weighted by Gasteiger charge is -2.12. The summed E-state index contributed by atoms with van der Waals surface area (Å²) in [5.41, 5.74) is 0. The Kier molecular flexibility index (Phi) is 4.90. The van der Waals surface area contributed by atoms with Gasteiger partial charge in [-0.1, -0.05) is 0 Å². The molecule has 1 N–H and O–H groups in total. The fourth-order valence-corrected chi connectivity index (χ4v) is 1.49. The van der Waals surface area contributed by atoms with Crippen molar-refractivity contribution in [1.82, 2.24) is 10.2 Å². The topological polar surface area (TPSA) is 41.6 Å². The molecule has 1 aliphatic heterocycles. The second-order valence-electron chi connectivity index (χ2n) is 3.52. The lowest BCUT2D eigenvalue weighted by atomic mass is 10.2. The molecule has 0 spiro atoms. The third-order valence-corrected chi connectivity index (χ3v) is 2.31. The maximum absolute atomic E-state index is 11.7. The van der Waals surface area contributed by atoms with Gasteiger partial charge in [0.05, 0.1) is 12.6 Å². The van der Waals surface area contributed by atoms with Crippen molar-refractivity contribution < 1.29 is 18.3 Å². The molecule has 6 heteroatoms. The molecule has 0 radical (unpaired) electrons. The number of carbonyl (C=O) groups is 1. The van der Waals surface area contributed by atoms with E-state index in [-0.39, 0.29) is 18.6 Å². The number of hydrogen-bond donors (Lipinski definition) is 1. The molecule has 88 valence electrons. The molecule has 1 fully saturated rings. The van der Waals surface area contributed by atoms with Crippen LogP contribution in [0, 0.1) is 0 Å². The minimum Gasteiger partial charge on any atom is -0.374 e. The van der Waals surface area contributed by atoms with Crippen LogP contribution in [0.25, 0.3) is 0 Å². The van der Waals surface area contributed by atoms with Crippen molar-refractivity contribution in [1.29, 1.82) is 0 Å². The highest BCUT2D eigenvalue weighted by molar-refractivity contribution is 5.83. The summed E-state index contributed by atoms with van der Waals surface area (Å²) < 4.78 is 28.0. The van der Waals surface area contributed by atoms with E-state index in [0.717, 1.165) is 13.0 Å². The lowest BCUT2D eigenvalue weighted by Crippen LogP contribution is -2.38. The number of likely N-dealkylation sites (N-methyl/N-ethyl adjacent to an activating group) is 1. The number of hydrogen-bond acceptors (Lipinski definition) is 3. The van der Waals surface area contributed by atoms with Gasteiger partial charge in [-0.05, 0) is 6.42 Å². The molecule has 0 aromatic rings. The Morgan fingerprint density at radius 3 is 2.93 bits per heavy atom. The van der Waals surface area contributed by atoms with Crippen molar-refractivity contribution in [3.63, 3.8) is 0 Å². The zero-order chi connectivity index (χ0) is 11.3. The molecule has 1 saturated heterocycles. The summed E-state index contributed by atoms with van der Waals surface area (Å²) in [6.07, 6.45) is -1.66. The molecule has 0 aromatic heterocycles. The molecule has 15 heavy (non-hydrogen) atoms. The third-order valence-electron chi connectivity index (χ3n) is 2.31. The molecular weight excluding hydrogens is 206 g/mol. The average molecular weight is 222 g/mol. The number of likely N-dealkylation sites (tertiary alicyclic amines) is 1. The summed E-state index contributed by atoms with van der Waals surface area (Å²) in [6, 6.07) is -0.176. The van der Waals surface area contributed by atoms with E-state index >= 15 is 0 Å². The van der Waals surface area contributed by atoms with Crippen LogP contribution in [0.2, 0.25) is 0 Å². The smallest absolute Gasteiger partial charge is 0.261 e. The van der Waals surface area contributed by atoms with Crippen LogP contribution in [0.15, 0.2) is 0 Å². The van der Waals surface area contributed by atoms with Crippen LogP contribution in [0.5, 0.6) is 0 Å². The van der Waals surface area contributed by atoms with Crippen molar-refractivity contribution in [2.75, 3.05) is 33.4 Å². The van der Waals surface area contributed by atoms with Gasteiger partial charge in [0.2, 0.25) is 5.91 Å². The first kappa shape index (κ1) is 12.3. The highest BCUT2D eigenvalue weighted by atomic mass is 19.3. The molecule has 0 bridgehead atoms. The van der Waals surface area contributed by atoms with E-state index < -0.39 is 13.0 Å². The number of carbonyl (C=O) groups excluding carboxylic acids is 1. The van der Waals surface area contributed by atoms with Crippen molar-refractivity contribution in [2.24, 2.45) is 0 Å². The minimum absolute atomic E-state index is 0.0591. The van der Waals surface area contributed by atoms with E-state index in [2.05, 4.69) is 10.1 Å². The lowest BCUT2D eigenvalue weighted by molar-refractivity contribution is -0.128. The summed E-state index contributed by atoms with van der Waals surface area (Å²) in [6.45, 7) is 0.837. The summed E-state index contributed by atoms with van der Waals surface area (Å²) in [4.78, 5) is 13.0. The maximum atomic E-state index is 11.7. The monoisotopic (exact) mass is 222 g/mol. The predicted octanol–water partition coefficient (Wildman–Crippen LogP) is 0.0884. The van der Waals surface area contributed by atoms with Gasteiger partial charge in [0.25, 0.3) is 6.43 Å². The van der Waals surface area contributed by atoms with Gasteiger partial charge in [-0.3, -0.25) is 4.79 Å². The zero-order valence-electron chi connectivity index (χ0n) is 8.71. The molecule has 4 nitrogen and oxygen atoms in total. The molecule has 1 heterocycles. The first-order chi connectivity index (χ1) is 7.11. The Morgan fingerprint density at radius 2 is 2.40 bits per heavy atom. The highest BCUT2D eigenvalue weighted by Gasteiger charge is 2.27. The molecule has 0 aliphatic carbocycles. The normalized spacial score (nSPS) is 21.7. The molecule has 1 unspecified atom stereocenters. The van der Waals surface area contributed by atoms with E-state index in [4.69, 9.17) is 0 Å². The number of alkyl halides is 2. The van der Waals surface area contributed by atoms with Crippen LogP contribution in [-0.2, 0) is 9.53 Å². The van der Waals surface area contributed by atoms with Gasteiger partial charge in [0, 0.05) is 20.1 Å². The highest BCUT2D eigenvalue weighted by Crippen LogP contribution is 2.07. The predicted molar refractivity (Wildman–Crippen MR) is 50.9 cm³/mol. The fraction of sp³-hybridized carbons (Fsp3) is 0.889. The van der Waals surface area contributed by atoms with Gasteiger partial charge in [0.15, 0.2) is 0 Å². The number of amides is 1. The Labute approximate surface area is 87.6 Å². The summed E-state index contributed by atoms with van der Waals surface area (Å²) in [5, 5.41) is 2.97. The molecule has 1 amide bonds. The summed E-state index contributed by atoms with van der Waals surface area (Å²) in [5.74, 6) is 0.0591. The van der Waals surface area contributed by atoms with E-state index in [1.54, 1.807) is 11.9 Å². The number of nitrogens with zero attached hydrogens (tertiary/aromatic N) is 1. The van der Waals surface area contributed by atoms with Gasteiger partial charge in [-0.15, -0.1) is 0 Å². The van der Waals surface area contributed by atoms with Crippen molar-refractivity contribution in [2.45, 2.75) is 18.9 Å². The van der Waals surface area contributed by atoms with Crippen LogP contribution >= 0.6 is 0 Å². The largest absolute Gasteiger partial charge is 0.374 e. The van der Waals surface area contributed by atoms with E-state index in [9.17, 15) is 13.6 Å². The van der Waals surface area contributed by atoms with Crippen molar-refractivity contribution in [3.8, 4) is 0 Å². The van der Waals surface area contributed by atoms with Gasteiger partial charge in [-0.2, -0.15) is 0 Å². The van der Waals surface area contributed by atoms with Gasteiger partial charge >= 0.3 is 0 Å². The fourth-order valence-electron chi connectivity index (χ4n) is 1.49. The Hall–Kier alpha value is -0.750. The zero-order valence-corrected chi connectivity index (χ0v) is 8.71. The molecule has 1 aliphatic rings. The van der Waals surface area contributed by atoms with E-state index in [1.807, 2.05) is 0 Å². The second kappa shape index (κ2) is 5.97. The number of ether oxygens (including phenoxy) is 1. The summed E-state index contributed by atoms with van der Waals surface area (Å²) in [7, 11) is 1.75. The van der Waals surface area contributed by atoms with E-state index in [0.29, 0.717) is 6.54 Å².